The normalized spacial score (nSPS) is 23.6. The van der Waals surface area contributed by atoms with Crippen LogP contribution in [0.15, 0.2) is 35.6 Å². The number of anilines is 1. The summed E-state index contributed by atoms with van der Waals surface area (Å²) in [4.78, 5) is 33.8. The molecule has 2 aromatic rings. The average Bonchev–Trinajstić information content (AvgIpc) is 3.51. The van der Waals surface area contributed by atoms with Gasteiger partial charge in [-0.25, -0.2) is 20.3 Å². The van der Waals surface area contributed by atoms with Crippen LogP contribution in [0.5, 0.6) is 0 Å². The van der Waals surface area contributed by atoms with Gasteiger partial charge in [0.25, 0.3) is 0 Å². The number of amides is 1. The second-order valence-corrected chi connectivity index (χ2v) is 9.56. The van der Waals surface area contributed by atoms with Crippen molar-refractivity contribution in [2.24, 2.45) is 5.10 Å². The minimum atomic E-state index is -0.246. The minimum Gasteiger partial charge on any atom is -0.457 e. The van der Waals surface area contributed by atoms with Gasteiger partial charge in [-0.3, -0.25) is 9.69 Å². The summed E-state index contributed by atoms with van der Waals surface area (Å²) in [5.74, 6) is 0.566. The van der Waals surface area contributed by atoms with E-state index in [9.17, 15) is 9.59 Å². The first-order chi connectivity index (χ1) is 17.6. The number of aromatic nitrogens is 1. The largest absolute Gasteiger partial charge is 0.457 e. The molecule has 2 atom stereocenters. The Bertz CT molecular complexity index is 1200. The molecule has 6 rings (SSSR count). The highest BCUT2D eigenvalue weighted by atomic mass is 16.5. The number of nitrogens with one attached hydrogen (secondary N) is 2. The Morgan fingerprint density at radius 3 is 2.92 bits per heavy atom. The van der Waals surface area contributed by atoms with Crippen molar-refractivity contribution in [1.82, 2.24) is 25.9 Å². The van der Waals surface area contributed by atoms with E-state index in [4.69, 9.17) is 9.47 Å². The predicted molar refractivity (Wildman–Crippen MR) is 131 cm³/mol. The number of nitrogens with zero attached hydrogens (tertiary/aromatic N) is 5. The Morgan fingerprint density at radius 2 is 2.11 bits per heavy atom. The van der Waals surface area contributed by atoms with Gasteiger partial charge in [0.2, 0.25) is 5.91 Å². The number of hydrogen-bond donors (Lipinski definition) is 2. The highest BCUT2D eigenvalue weighted by Crippen LogP contribution is 2.33. The summed E-state index contributed by atoms with van der Waals surface area (Å²) in [6.07, 6.45) is 4.47. The van der Waals surface area contributed by atoms with E-state index in [2.05, 4.69) is 26.1 Å². The predicted octanol–water partition coefficient (Wildman–Crippen LogP) is 1.05. The number of fused-ring (bicyclic) bond motifs is 2. The van der Waals surface area contributed by atoms with Crippen LogP contribution in [-0.2, 0) is 27.3 Å². The van der Waals surface area contributed by atoms with Crippen molar-refractivity contribution >= 4 is 24.0 Å². The Hall–Kier alpha value is -3.54. The highest BCUT2D eigenvalue weighted by molar-refractivity contribution is 5.94. The molecular weight excluding hydrogens is 462 g/mol. The molecule has 0 radical (unpaired) electrons. The van der Waals surface area contributed by atoms with Crippen molar-refractivity contribution in [2.75, 3.05) is 37.8 Å². The fraction of sp³-hybridized carbons (Fsp3) is 0.440. The molecule has 2 N–H and O–H groups in total. The van der Waals surface area contributed by atoms with E-state index < -0.39 is 0 Å². The second kappa shape index (κ2) is 9.49. The van der Waals surface area contributed by atoms with Crippen LogP contribution in [0.3, 0.4) is 0 Å². The topological polar surface area (TPSA) is 112 Å². The minimum absolute atomic E-state index is 0.0619. The Morgan fingerprint density at radius 1 is 1.19 bits per heavy atom. The molecule has 11 nitrogen and oxygen atoms in total. The lowest BCUT2D eigenvalue weighted by Gasteiger charge is -2.41. The molecule has 188 valence electrons. The summed E-state index contributed by atoms with van der Waals surface area (Å²) < 4.78 is 11.5. The third kappa shape index (κ3) is 4.29. The van der Waals surface area contributed by atoms with Gasteiger partial charge in [-0.15, -0.1) is 5.53 Å². The first-order valence-corrected chi connectivity index (χ1v) is 12.3. The van der Waals surface area contributed by atoms with Crippen LogP contribution in [0.4, 0.5) is 5.82 Å². The van der Waals surface area contributed by atoms with Crippen LogP contribution >= 0.6 is 0 Å². The van der Waals surface area contributed by atoms with Crippen molar-refractivity contribution in [3.05, 3.63) is 58.3 Å². The van der Waals surface area contributed by atoms with Gasteiger partial charge in [0.15, 0.2) is 0 Å². The molecule has 5 heterocycles. The van der Waals surface area contributed by atoms with Crippen molar-refractivity contribution in [1.29, 1.82) is 0 Å². The van der Waals surface area contributed by atoms with Gasteiger partial charge in [-0.1, -0.05) is 12.1 Å². The van der Waals surface area contributed by atoms with E-state index >= 15 is 0 Å². The molecule has 2 unspecified atom stereocenters. The number of hydrazone groups is 1. The van der Waals surface area contributed by atoms with E-state index in [1.54, 1.807) is 17.5 Å². The van der Waals surface area contributed by atoms with E-state index in [-0.39, 0.29) is 24.0 Å². The molecule has 2 saturated heterocycles. The van der Waals surface area contributed by atoms with Crippen LogP contribution in [0.1, 0.15) is 45.1 Å². The number of hydrazine groups is 2. The standard InChI is InChI=1S/C25H29N7O4/c1-16-19(3-4-20-21(16)14-36-25(20)34)22-13-30-7-8-31(12-18(30)6-9-35-22)24(33)10-17-2-5-23(26-11-17)32-15-27-28-29-32/h2-5,11,15,18,22,28-29H,6-10,12-14H2,1H3. The Labute approximate surface area is 209 Å². The smallest absolute Gasteiger partial charge is 0.338 e. The molecular formula is C25H29N7O4. The number of esters is 1. The van der Waals surface area contributed by atoms with E-state index in [1.807, 2.05) is 36.1 Å². The zero-order valence-electron chi connectivity index (χ0n) is 20.1. The van der Waals surface area contributed by atoms with E-state index in [1.165, 1.54) is 0 Å². The SMILES string of the molecule is Cc1c(C2CN3CCN(C(=O)Cc4ccc(N5C=NNN5)nc4)CC3CCO2)ccc2c1COC2=O. The summed E-state index contributed by atoms with van der Waals surface area (Å²) in [6.45, 7) is 5.99. The van der Waals surface area contributed by atoms with Crippen LogP contribution < -0.4 is 16.1 Å². The lowest BCUT2D eigenvalue weighted by atomic mass is 9.95. The Balaban J connectivity index is 1.08. The molecule has 4 aliphatic heterocycles. The van der Waals surface area contributed by atoms with Gasteiger partial charge in [-0.2, -0.15) is 5.10 Å². The highest BCUT2D eigenvalue weighted by Gasteiger charge is 2.35. The molecule has 0 bridgehead atoms. The zero-order chi connectivity index (χ0) is 24.6. The maximum atomic E-state index is 13.1. The zero-order valence-corrected chi connectivity index (χ0v) is 20.1. The number of pyridine rings is 1. The van der Waals surface area contributed by atoms with Crippen LogP contribution in [0, 0.1) is 6.92 Å². The molecule has 4 aliphatic rings. The maximum Gasteiger partial charge on any atom is 0.338 e. The second-order valence-electron chi connectivity index (χ2n) is 9.56. The first kappa shape index (κ1) is 22.9. The molecule has 1 aromatic carbocycles. The van der Waals surface area contributed by atoms with E-state index in [0.717, 1.165) is 41.8 Å². The van der Waals surface area contributed by atoms with Gasteiger partial charge < -0.3 is 14.4 Å². The number of carbonyl (C=O) groups excluding carboxylic acids is 2. The fourth-order valence-electron chi connectivity index (χ4n) is 5.42. The maximum absolute atomic E-state index is 13.1. The van der Waals surface area contributed by atoms with Gasteiger partial charge >= 0.3 is 5.97 Å². The number of benzene rings is 1. The monoisotopic (exact) mass is 491 g/mol. The van der Waals surface area contributed by atoms with Crippen molar-refractivity contribution in [3.63, 3.8) is 0 Å². The van der Waals surface area contributed by atoms with Crippen LogP contribution in [0.2, 0.25) is 0 Å². The lowest BCUT2D eigenvalue weighted by Crippen LogP contribution is -2.55. The van der Waals surface area contributed by atoms with Crippen LogP contribution in [-0.4, -0.2) is 71.8 Å². The number of rotatable bonds is 4. The fourth-order valence-corrected chi connectivity index (χ4v) is 5.42. The van der Waals surface area contributed by atoms with Gasteiger partial charge in [-0.05, 0) is 42.2 Å². The summed E-state index contributed by atoms with van der Waals surface area (Å²) in [5, 5.41) is 5.52. The average molecular weight is 492 g/mol. The lowest BCUT2D eigenvalue weighted by molar-refractivity contribution is -0.133. The number of ether oxygens (including phenoxy) is 2. The van der Waals surface area contributed by atoms with Gasteiger partial charge in [0, 0.05) is 50.6 Å². The number of cyclic esters (lactones) is 1. The van der Waals surface area contributed by atoms with Crippen molar-refractivity contribution in [3.8, 4) is 0 Å². The molecule has 0 saturated carbocycles. The molecule has 0 spiro atoms. The van der Waals surface area contributed by atoms with Gasteiger partial charge in [0.1, 0.15) is 18.8 Å². The molecule has 11 heteroatoms. The van der Waals surface area contributed by atoms with Gasteiger partial charge in [0.05, 0.1) is 18.1 Å². The molecule has 0 aliphatic carbocycles. The number of carbonyl (C=O) groups is 2. The molecule has 1 aromatic heterocycles. The quantitative estimate of drug-likeness (QED) is 0.606. The summed E-state index contributed by atoms with van der Waals surface area (Å²) in [7, 11) is 0. The molecule has 1 amide bonds. The summed E-state index contributed by atoms with van der Waals surface area (Å²) in [5.41, 5.74) is 10.2. The Kier molecular flexibility index (Phi) is 6.04. The number of piperazine rings is 1. The summed E-state index contributed by atoms with van der Waals surface area (Å²) in [6, 6.07) is 7.92. The van der Waals surface area contributed by atoms with Crippen molar-refractivity contribution in [2.45, 2.75) is 38.5 Å². The molecule has 36 heavy (non-hydrogen) atoms. The number of hydrogen-bond acceptors (Lipinski definition) is 10. The summed E-state index contributed by atoms with van der Waals surface area (Å²) >= 11 is 0. The van der Waals surface area contributed by atoms with E-state index in [0.29, 0.717) is 44.1 Å². The third-order valence-corrected chi connectivity index (χ3v) is 7.50. The molecule has 2 fully saturated rings. The first-order valence-electron chi connectivity index (χ1n) is 12.3. The van der Waals surface area contributed by atoms with Crippen LogP contribution in [0.25, 0.3) is 0 Å². The van der Waals surface area contributed by atoms with Crippen molar-refractivity contribution < 1.29 is 19.1 Å². The third-order valence-electron chi connectivity index (χ3n) is 7.50.